The molecule has 1 atom stereocenters. The van der Waals surface area contributed by atoms with Crippen molar-refractivity contribution in [2.24, 2.45) is 0 Å². The molecule has 23 heavy (non-hydrogen) atoms. The van der Waals surface area contributed by atoms with Gasteiger partial charge in [0.15, 0.2) is 0 Å². The van der Waals surface area contributed by atoms with Crippen molar-refractivity contribution in [2.45, 2.75) is 32.7 Å². The van der Waals surface area contributed by atoms with Crippen molar-refractivity contribution in [3.05, 3.63) is 52.0 Å². The number of nitrogens with zero attached hydrogens (tertiary/aromatic N) is 3. The summed E-state index contributed by atoms with van der Waals surface area (Å²) in [6.45, 7) is 6.39. The van der Waals surface area contributed by atoms with Gasteiger partial charge in [-0.15, -0.1) is 11.3 Å². The monoisotopic (exact) mass is 322 g/mol. The van der Waals surface area contributed by atoms with E-state index in [-0.39, 0.29) is 6.04 Å². The molecule has 0 bridgehead atoms. The molecule has 116 valence electrons. The molecule has 5 heteroatoms. The molecule has 0 saturated heterocycles. The van der Waals surface area contributed by atoms with Gasteiger partial charge in [0.2, 0.25) is 0 Å². The predicted octanol–water partition coefficient (Wildman–Crippen LogP) is 4.86. The molecule has 2 heterocycles. The van der Waals surface area contributed by atoms with Crippen molar-refractivity contribution in [1.29, 1.82) is 5.26 Å². The first-order valence-electron chi connectivity index (χ1n) is 7.59. The van der Waals surface area contributed by atoms with Gasteiger partial charge in [0.1, 0.15) is 5.82 Å². The Kier molecular flexibility index (Phi) is 4.26. The number of nitriles is 1. The predicted molar refractivity (Wildman–Crippen MR) is 94.7 cm³/mol. The summed E-state index contributed by atoms with van der Waals surface area (Å²) < 4.78 is 0. The van der Waals surface area contributed by atoms with E-state index < -0.39 is 0 Å². The van der Waals surface area contributed by atoms with Crippen LogP contribution in [-0.2, 0) is 0 Å². The maximum absolute atomic E-state index is 8.95. The van der Waals surface area contributed by atoms with E-state index in [0.29, 0.717) is 11.5 Å². The molecule has 3 aromatic rings. The van der Waals surface area contributed by atoms with Crippen molar-refractivity contribution in [3.8, 4) is 6.07 Å². The fraction of sp³-hybridized carbons (Fsp3) is 0.278. The highest BCUT2D eigenvalue weighted by Gasteiger charge is 2.12. The molecular formula is C18H18N4S. The second kappa shape index (κ2) is 6.35. The summed E-state index contributed by atoms with van der Waals surface area (Å²) in [6.07, 6.45) is 0. The highest BCUT2D eigenvalue weighted by Crippen LogP contribution is 2.25. The van der Waals surface area contributed by atoms with Crippen molar-refractivity contribution in [3.63, 3.8) is 0 Å². The Balaban J connectivity index is 1.81. The lowest BCUT2D eigenvalue weighted by atomic mass is 10.1. The van der Waals surface area contributed by atoms with E-state index in [1.54, 1.807) is 17.4 Å². The molecule has 2 aromatic heterocycles. The van der Waals surface area contributed by atoms with Crippen LogP contribution < -0.4 is 5.32 Å². The zero-order valence-electron chi connectivity index (χ0n) is 13.4. The first-order valence-corrected chi connectivity index (χ1v) is 8.47. The lowest BCUT2D eigenvalue weighted by molar-refractivity contribution is 0.799. The van der Waals surface area contributed by atoms with Crippen LogP contribution in [0.25, 0.3) is 10.9 Å². The molecule has 0 fully saturated rings. The van der Waals surface area contributed by atoms with Gasteiger partial charge in [0.05, 0.1) is 33.9 Å². The number of aromatic nitrogens is 2. The molecule has 0 amide bonds. The lowest BCUT2D eigenvalue weighted by Crippen LogP contribution is -2.08. The first kappa shape index (κ1) is 15.4. The Morgan fingerprint density at radius 1 is 1.13 bits per heavy atom. The van der Waals surface area contributed by atoms with Crippen molar-refractivity contribution < 1.29 is 0 Å². The number of hydrogen-bond acceptors (Lipinski definition) is 5. The summed E-state index contributed by atoms with van der Waals surface area (Å²) >= 11 is 1.70. The molecule has 0 radical (unpaired) electrons. The van der Waals surface area contributed by atoms with Gasteiger partial charge in [0, 0.05) is 16.7 Å². The highest BCUT2D eigenvalue weighted by molar-refractivity contribution is 7.09. The first-order chi connectivity index (χ1) is 11.1. The summed E-state index contributed by atoms with van der Waals surface area (Å²) in [6, 6.07) is 11.7. The maximum atomic E-state index is 8.95. The zero-order valence-corrected chi connectivity index (χ0v) is 14.2. The van der Waals surface area contributed by atoms with Crippen molar-refractivity contribution >= 4 is 28.1 Å². The van der Waals surface area contributed by atoms with Gasteiger partial charge in [-0.2, -0.15) is 5.26 Å². The third-order valence-corrected chi connectivity index (χ3v) is 4.82. The average Bonchev–Trinajstić information content (AvgIpc) is 3.04. The molecular weight excluding hydrogens is 304 g/mol. The molecule has 1 unspecified atom stereocenters. The van der Waals surface area contributed by atoms with Gasteiger partial charge in [-0.1, -0.05) is 13.8 Å². The standard InChI is InChI=1S/C18H18N4S/c1-11(2)18-22-16(10-23-18)12(3)20-17-7-5-14-8-13(9-19)4-6-15(14)21-17/h4-8,10-12H,1-3H3,(H,20,21). The number of rotatable bonds is 4. The Labute approximate surface area is 139 Å². The quantitative estimate of drug-likeness (QED) is 0.745. The normalized spacial score (nSPS) is 12.3. The summed E-state index contributed by atoms with van der Waals surface area (Å²) in [5.41, 5.74) is 2.57. The summed E-state index contributed by atoms with van der Waals surface area (Å²) in [5.74, 6) is 1.27. The second-order valence-electron chi connectivity index (χ2n) is 5.85. The molecule has 0 saturated carbocycles. The number of thiazole rings is 1. The molecule has 0 aliphatic heterocycles. The lowest BCUT2D eigenvalue weighted by Gasteiger charge is -2.13. The zero-order chi connectivity index (χ0) is 16.4. The Morgan fingerprint density at radius 2 is 1.96 bits per heavy atom. The molecule has 0 aliphatic rings. The van der Waals surface area contributed by atoms with Crippen LogP contribution in [0, 0.1) is 11.3 Å². The molecule has 4 nitrogen and oxygen atoms in total. The van der Waals surface area contributed by atoms with Gasteiger partial charge >= 0.3 is 0 Å². The van der Waals surface area contributed by atoms with Crippen LogP contribution in [0.1, 0.15) is 49.0 Å². The van der Waals surface area contributed by atoms with E-state index in [2.05, 4.69) is 47.5 Å². The summed E-state index contributed by atoms with van der Waals surface area (Å²) in [4.78, 5) is 9.30. The number of hydrogen-bond donors (Lipinski definition) is 1. The summed E-state index contributed by atoms with van der Waals surface area (Å²) in [5, 5.41) is 16.6. The van der Waals surface area contributed by atoms with E-state index in [1.807, 2.05) is 24.3 Å². The van der Waals surface area contributed by atoms with Crippen LogP contribution in [0.15, 0.2) is 35.7 Å². The highest BCUT2D eigenvalue weighted by atomic mass is 32.1. The number of nitrogens with one attached hydrogen (secondary N) is 1. The van der Waals surface area contributed by atoms with Crippen LogP contribution in [-0.4, -0.2) is 9.97 Å². The molecule has 0 aliphatic carbocycles. The molecule has 1 aromatic carbocycles. The van der Waals surface area contributed by atoms with Crippen LogP contribution in [0.2, 0.25) is 0 Å². The maximum Gasteiger partial charge on any atom is 0.127 e. The van der Waals surface area contributed by atoms with E-state index in [1.165, 1.54) is 0 Å². The van der Waals surface area contributed by atoms with Crippen LogP contribution in [0.3, 0.4) is 0 Å². The Hall–Kier alpha value is -2.45. The smallest absolute Gasteiger partial charge is 0.127 e. The van der Waals surface area contributed by atoms with Crippen LogP contribution >= 0.6 is 11.3 Å². The van der Waals surface area contributed by atoms with E-state index in [9.17, 15) is 0 Å². The minimum atomic E-state index is 0.0991. The number of pyridine rings is 1. The van der Waals surface area contributed by atoms with Gasteiger partial charge in [-0.3, -0.25) is 0 Å². The third kappa shape index (κ3) is 3.33. The van der Waals surface area contributed by atoms with E-state index in [0.717, 1.165) is 27.4 Å². The van der Waals surface area contributed by atoms with Crippen LogP contribution in [0.4, 0.5) is 5.82 Å². The fourth-order valence-corrected chi connectivity index (χ4v) is 3.26. The second-order valence-corrected chi connectivity index (χ2v) is 6.74. The Bertz CT molecular complexity index is 876. The SMILES string of the molecule is CC(C)c1nc(C(C)Nc2ccc3cc(C#N)ccc3n2)cs1. The largest absolute Gasteiger partial charge is 0.362 e. The topological polar surface area (TPSA) is 61.6 Å². The molecule has 1 N–H and O–H groups in total. The van der Waals surface area contributed by atoms with Crippen molar-refractivity contribution in [2.75, 3.05) is 5.32 Å². The number of benzene rings is 1. The fourth-order valence-electron chi connectivity index (χ4n) is 2.34. The van der Waals surface area contributed by atoms with Gasteiger partial charge in [0.25, 0.3) is 0 Å². The van der Waals surface area contributed by atoms with Gasteiger partial charge in [-0.05, 0) is 37.3 Å². The third-order valence-electron chi connectivity index (χ3n) is 3.66. The van der Waals surface area contributed by atoms with E-state index >= 15 is 0 Å². The number of fused-ring (bicyclic) bond motifs is 1. The Morgan fingerprint density at radius 3 is 2.65 bits per heavy atom. The summed E-state index contributed by atoms with van der Waals surface area (Å²) in [7, 11) is 0. The number of anilines is 1. The van der Waals surface area contributed by atoms with Crippen molar-refractivity contribution in [1.82, 2.24) is 9.97 Å². The van der Waals surface area contributed by atoms with E-state index in [4.69, 9.17) is 5.26 Å². The van der Waals surface area contributed by atoms with Gasteiger partial charge < -0.3 is 5.32 Å². The van der Waals surface area contributed by atoms with Crippen LogP contribution in [0.5, 0.6) is 0 Å². The molecule has 3 rings (SSSR count). The minimum Gasteiger partial charge on any atom is -0.362 e. The molecule has 0 spiro atoms. The average molecular weight is 322 g/mol. The minimum absolute atomic E-state index is 0.0991. The van der Waals surface area contributed by atoms with Gasteiger partial charge in [-0.25, -0.2) is 9.97 Å².